The van der Waals surface area contributed by atoms with Gasteiger partial charge in [0.2, 0.25) is 5.91 Å². The molecule has 0 radical (unpaired) electrons. The number of benzene rings is 3. The Kier molecular flexibility index (Phi) is 12.6. The van der Waals surface area contributed by atoms with Crippen molar-refractivity contribution in [2.45, 2.75) is 32.4 Å². The summed E-state index contributed by atoms with van der Waals surface area (Å²) in [4.78, 5) is 14.1. The van der Waals surface area contributed by atoms with Crippen molar-refractivity contribution < 1.29 is 17.9 Å². The van der Waals surface area contributed by atoms with Crippen LogP contribution in [0.15, 0.2) is 60.7 Å². The molecule has 1 saturated heterocycles. The highest BCUT2D eigenvalue weighted by Crippen LogP contribution is 2.23. The van der Waals surface area contributed by atoms with Crippen molar-refractivity contribution >= 4 is 69.1 Å². The van der Waals surface area contributed by atoms with E-state index in [1.807, 2.05) is 67.6 Å². The van der Waals surface area contributed by atoms with Gasteiger partial charge < -0.3 is 20.3 Å². The van der Waals surface area contributed by atoms with Gasteiger partial charge in [0, 0.05) is 50.8 Å². The lowest BCUT2D eigenvalue weighted by molar-refractivity contribution is -0.121. The van der Waals surface area contributed by atoms with Gasteiger partial charge in [0.15, 0.2) is 0 Å². The van der Waals surface area contributed by atoms with Crippen LogP contribution in [0, 0.1) is 10.8 Å². The van der Waals surface area contributed by atoms with Gasteiger partial charge in [0.25, 0.3) is 10.2 Å². The number of hydrogen-bond donors (Lipinski definition) is 5. The molecule has 0 unspecified atom stereocenters. The Morgan fingerprint density at radius 1 is 1.02 bits per heavy atom. The number of nitrogens with zero attached hydrogens (tertiary/aromatic N) is 2. The first-order chi connectivity index (χ1) is 19.0. The minimum Gasteiger partial charge on any atom is -0.490 e. The van der Waals surface area contributed by atoms with Crippen LogP contribution in [0.1, 0.15) is 30.9 Å². The summed E-state index contributed by atoms with van der Waals surface area (Å²) in [6.45, 7) is 3.33. The number of likely N-dealkylation sites (N-methyl/N-ethyl adjacent to an activating group) is 1. The molecule has 4 rings (SSSR count). The molecular formula is C28H37Cl2N7O4S. The maximum Gasteiger partial charge on any atom is 0.277 e. The van der Waals surface area contributed by atoms with Crippen LogP contribution < -0.4 is 20.5 Å². The van der Waals surface area contributed by atoms with Gasteiger partial charge >= 0.3 is 0 Å². The van der Waals surface area contributed by atoms with Crippen LogP contribution in [0.2, 0.25) is 0 Å². The highest BCUT2D eigenvalue weighted by molar-refractivity contribution is 7.86. The number of hydrogen-bond acceptors (Lipinski definition) is 6. The number of fused-ring (bicyclic) bond motifs is 1. The average molecular weight is 639 g/mol. The Hall–Kier alpha value is -3.42. The summed E-state index contributed by atoms with van der Waals surface area (Å²) in [7, 11) is -2.69. The van der Waals surface area contributed by atoms with Crippen LogP contribution in [-0.4, -0.2) is 68.0 Å². The number of nitrogens with one attached hydrogen (secondary N) is 4. The third-order valence-electron chi connectivity index (χ3n) is 6.83. The second kappa shape index (κ2) is 15.2. The summed E-state index contributed by atoms with van der Waals surface area (Å²) >= 11 is 0. The van der Waals surface area contributed by atoms with Crippen LogP contribution in [0.25, 0.3) is 10.8 Å². The topological polar surface area (TPSA) is 165 Å². The van der Waals surface area contributed by atoms with Gasteiger partial charge in [0.05, 0.1) is 12.4 Å². The largest absolute Gasteiger partial charge is 0.490 e. The maximum atomic E-state index is 12.1. The molecule has 0 atom stereocenters. The summed E-state index contributed by atoms with van der Waals surface area (Å²) in [6.07, 6.45) is 1.90. The van der Waals surface area contributed by atoms with Gasteiger partial charge in [0.1, 0.15) is 17.7 Å². The SMILES string of the molecule is CC(=N)N1CCC(Oc2ccc(NC(=N)c3ccc4ccc(CNC(=O)CN(C)S(N)(=O)=O)cc4c3)cc2)CC1.Cl.Cl. The van der Waals surface area contributed by atoms with Crippen molar-refractivity contribution in [3.05, 3.63) is 71.8 Å². The first-order valence-electron chi connectivity index (χ1n) is 12.9. The highest BCUT2D eigenvalue weighted by atomic mass is 35.5. The second-order valence-corrected chi connectivity index (χ2v) is 11.5. The zero-order valence-electron chi connectivity index (χ0n) is 23.4. The Morgan fingerprint density at radius 3 is 2.29 bits per heavy atom. The van der Waals surface area contributed by atoms with Crippen molar-refractivity contribution in [3.8, 4) is 5.75 Å². The van der Waals surface area contributed by atoms with Gasteiger partial charge in [-0.2, -0.15) is 12.7 Å². The number of anilines is 1. The number of nitrogens with two attached hydrogens (primary N) is 1. The van der Waals surface area contributed by atoms with Gasteiger partial charge in [-0.1, -0.05) is 24.3 Å². The third kappa shape index (κ3) is 9.57. The molecule has 0 saturated carbocycles. The Balaban J connectivity index is 0.00000308. The molecule has 1 fully saturated rings. The van der Waals surface area contributed by atoms with E-state index in [0.717, 1.165) is 58.0 Å². The van der Waals surface area contributed by atoms with E-state index in [-0.39, 0.29) is 49.8 Å². The monoisotopic (exact) mass is 637 g/mol. The Morgan fingerprint density at radius 2 is 1.67 bits per heavy atom. The van der Waals surface area contributed by atoms with E-state index in [1.54, 1.807) is 0 Å². The standard InChI is InChI=1S/C28H35N7O4S.2ClH/c1-19(29)35-13-11-26(12-14-35)39-25-9-7-24(8-10-25)33-28(30)22-6-5-21-4-3-20(15-23(21)16-22)17-32-27(36)18-34(2)40(31,37)38;;/h3-10,15-16,26,29H,11-14,17-18H2,1-2H3,(H2,30,33)(H,32,36)(H2,31,37,38);2*1H. The van der Waals surface area contributed by atoms with Crippen LogP contribution in [-0.2, 0) is 21.5 Å². The summed E-state index contributed by atoms with van der Waals surface area (Å²) in [5.41, 5.74) is 2.31. The number of piperidine rings is 1. The number of carbonyl (C=O) groups is 1. The molecule has 1 aliphatic rings. The lowest BCUT2D eigenvalue weighted by Crippen LogP contribution is -2.41. The molecular weight excluding hydrogens is 601 g/mol. The van der Waals surface area contributed by atoms with Gasteiger partial charge in [-0.05, 0) is 59.7 Å². The number of rotatable bonds is 9. The van der Waals surface area contributed by atoms with Gasteiger partial charge in [-0.15, -0.1) is 24.8 Å². The first-order valence-corrected chi connectivity index (χ1v) is 14.4. The molecule has 11 nitrogen and oxygen atoms in total. The van der Waals surface area contributed by atoms with Gasteiger partial charge in [-0.25, -0.2) is 5.14 Å². The normalized spacial score (nSPS) is 13.6. The third-order valence-corrected chi connectivity index (χ3v) is 7.82. The Bertz CT molecular complexity index is 1510. The van der Waals surface area contributed by atoms with Crippen molar-refractivity contribution in [1.29, 1.82) is 10.8 Å². The smallest absolute Gasteiger partial charge is 0.277 e. The summed E-state index contributed by atoms with van der Waals surface area (Å²) in [5.74, 6) is 1.16. The molecule has 1 heterocycles. The van der Waals surface area contributed by atoms with Crippen LogP contribution in [0.4, 0.5) is 5.69 Å². The minimum atomic E-state index is -3.92. The van der Waals surface area contributed by atoms with Crippen molar-refractivity contribution in [2.75, 3.05) is 32.0 Å². The van der Waals surface area contributed by atoms with E-state index in [4.69, 9.17) is 20.7 Å². The van der Waals surface area contributed by atoms with Crippen molar-refractivity contribution in [3.63, 3.8) is 0 Å². The molecule has 14 heteroatoms. The van der Waals surface area contributed by atoms with Crippen LogP contribution in [0.3, 0.4) is 0 Å². The maximum absolute atomic E-state index is 12.1. The molecule has 3 aromatic carbocycles. The number of amides is 1. The summed E-state index contributed by atoms with van der Waals surface area (Å²) < 4.78 is 29.5. The summed E-state index contributed by atoms with van der Waals surface area (Å²) in [5, 5.41) is 29.1. The quantitative estimate of drug-likeness (QED) is 0.177. The number of carbonyl (C=O) groups excluding carboxylic acids is 1. The van der Waals surface area contributed by atoms with Crippen LogP contribution >= 0.6 is 24.8 Å². The molecule has 6 N–H and O–H groups in total. The van der Waals surface area contributed by atoms with E-state index in [2.05, 4.69) is 15.5 Å². The lowest BCUT2D eigenvalue weighted by atomic mass is 10.0. The second-order valence-electron chi connectivity index (χ2n) is 9.89. The number of likely N-dealkylation sites (tertiary alicyclic amines) is 1. The average Bonchev–Trinajstić information content (AvgIpc) is 2.92. The van der Waals surface area contributed by atoms with E-state index >= 15 is 0 Å². The van der Waals surface area contributed by atoms with Gasteiger partial charge in [-0.3, -0.25) is 15.6 Å². The fraction of sp³-hybridized carbons (Fsp3) is 0.321. The zero-order chi connectivity index (χ0) is 28.9. The molecule has 1 amide bonds. The van der Waals surface area contributed by atoms with Crippen LogP contribution in [0.5, 0.6) is 5.75 Å². The minimum absolute atomic E-state index is 0. The molecule has 0 aromatic heterocycles. The molecule has 1 aliphatic heterocycles. The van der Waals surface area contributed by atoms with Crippen molar-refractivity contribution in [1.82, 2.24) is 14.5 Å². The fourth-order valence-corrected chi connectivity index (χ4v) is 4.74. The van der Waals surface area contributed by atoms with Crippen molar-refractivity contribution in [2.24, 2.45) is 5.14 Å². The lowest BCUT2D eigenvalue weighted by Gasteiger charge is -2.32. The zero-order valence-corrected chi connectivity index (χ0v) is 25.9. The number of halogens is 2. The molecule has 0 bridgehead atoms. The van der Waals surface area contributed by atoms with E-state index < -0.39 is 16.1 Å². The predicted molar refractivity (Wildman–Crippen MR) is 172 cm³/mol. The molecule has 0 aliphatic carbocycles. The van der Waals surface area contributed by atoms with E-state index in [1.165, 1.54) is 7.05 Å². The van der Waals surface area contributed by atoms with E-state index in [0.29, 0.717) is 11.4 Å². The summed E-state index contributed by atoms with van der Waals surface area (Å²) in [6, 6.07) is 19.0. The fourth-order valence-electron chi connectivity index (χ4n) is 4.45. The molecule has 42 heavy (non-hydrogen) atoms. The molecule has 228 valence electrons. The molecule has 0 spiro atoms. The number of ether oxygens (including phenoxy) is 1. The highest BCUT2D eigenvalue weighted by Gasteiger charge is 2.21. The first kappa shape index (κ1) is 34.8. The van der Waals surface area contributed by atoms with E-state index in [9.17, 15) is 13.2 Å². The molecule has 3 aromatic rings. The number of amidine groups is 2. The predicted octanol–water partition coefficient (Wildman–Crippen LogP) is 3.71. The Labute approximate surface area is 258 Å².